The molecule has 3 aromatic rings. The van der Waals surface area contributed by atoms with Gasteiger partial charge in [-0.1, -0.05) is 74.7 Å². The minimum absolute atomic E-state index is 0.217. The first-order valence-electron chi connectivity index (χ1n) is 13.9. The van der Waals surface area contributed by atoms with Gasteiger partial charge in [0.05, 0.1) is 6.54 Å². The topological polar surface area (TPSA) is 70.7 Å². The van der Waals surface area contributed by atoms with Crippen LogP contribution in [0.5, 0.6) is 0 Å². The van der Waals surface area contributed by atoms with Gasteiger partial charge in [-0.15, -0.1) is 0 Å². The van der Waals surface area contributed by atoms with Gasteiger partial charge in [0, 0.05) is 16.9 Å². The number of carbonyl (C=O) groups excluding carboxylic acids is 1. The lowest BCUT2D eigenvalue weighted by Gasteiger charge is -2.23. The molecule has 1 aliphatic carbocycles. The third-order valence-electron chi connectivity index (χ3n) is 7.97. The number of carbonyl (C=O) groups is 1. The van der Waals surface area contributed by atoms with Crippen LogP contribution in [0.15, 0.2) is 56.9 Å². The summed E-state index contributed by atoms with van der Waals surface area (Å²) in [6, 6.07) is 15.1. The summed E-state index contributed by atoms with van der Waals surface area (Å²) in [5.41, 5.74) is 5.37. The maximum absolute atomic E-state index is 13.6. The van der Waals surface area contributed by atoms with Crippen molar-refractivity contribution in [2.45, 2.75) is 96.0 Å². The Bertz CT molecular complexity index is 1340. The second-order valence-electron chi connectivity index (χ2n) is 10.5. The van der Waals surface area contributed by atoms with Crippen LogP contribution >= 0.6 is 11.9 Å². The van der Waals surface area contributed by atoms with E-state index in [-0.39, 0.29) is 5.91 Å². The van der Waals surface area contributed by atoms with Gasteiger partial charge in [-0.05, 0) is 79.8 Å². The van der Waals surface area contributed by atoms with E-state index in [4.69, 9.17) is 9.52 Å². The lowest BCUT2D eigenvalue weighted by molar-refractivity contribution is -0.131. The van der Waals surface area contributed by atoms with Gasteiger partial charge in [0.25, 0.3) is 5.91 Å². The molecule has 38 heavy (non-hydrogen) atoms. The number of aromatic nitrogens is 1. The first-order chi connectivity index (χ1) is 18.5. The van der Waals surface area contributed by atoms with Gasteiger partial charge in [-0.2, -0.15) is 0 Å². The average Bonchev–Trinajstić information content (AvgIpc) is 3.61. The Hall–Kier alpha value is -3.06. The molecule has 0 radical (unpaired) electrons. The number of aliphatic imine (C=N–C) groups is 1. The molecule has 1 aliphatic heterocycles. The zero-order valence-electron chi connectivity index (χ0n) is 23.0. The van der Waals surface area contributed by atoms with Crippen molar-refractivity contribution in [1.29, 1.82) is 0 Å². The van der Waals surface area contributed by atoms with Crippen LogP contribution in [0, 0.1) is 13.8 Å². The van der Waals surface area contributed by atoms with E-state index < -0.39 is 5.54 Å². The standard InChI is InChI=1S/C31H38N4O2S/c1-5-7-14-28-32-31(17-10-11-18-31)30(36)35(28)20-23-15-16-25(24(6-2)19-23)26-12-8-9-13-27(26)38-34-29-21(3)22(4)37-33-29/h8-9,12-13,15-16,19H,5-7,10-11,14,17-18,20H2,1-4H3,(H,33,34). The number of nitrogens with one attached hydrogen (secondary N) is 1. The van der Waals surface area contributed by atoms with E-state index in [9.17, 15) is 4.79 Å². The Kier molecular flexibility index (Phi) is 7.93. The largest absolute Gasteiger partial charge is 0.359 e. The maximum Gasteiger partial charge on any atom is 0.256 e. The molecule has 0 unspecified atom stereocenters. The first kappa shape index (κ1) is 26.5. The van der Waals surface area contributed by atoms with Crippen molar-refractivity contribution in [1.82, 2.24) is 10.1 Å². The number of anilines is 1. The van der Waals surface area contributed by atoms with Crippen molar-refractivity contribution >= 4 is 29.5 Å². The zero-order valence-corrected chi connectivity index (χ0v) is 23.8. The number of hydrogen-bond donors (Lipinski definition) is 1. The number of aryl methyl sites for hydroxylation is 2. The van der Waals surface area contributed by atoms with Crippen LogP contribution in [0.1, 0.15) is 81.2 Å². The summed E-state index contributed by atoms with van der Waals surface area (Å²) in [6.45, 7) is 8.91. The van der Waals surface area contributed by atoms with Crippen LogP contribution in [0.25, 0.3) is 11.1 Å². The molecule has 0 atom stereocenters. The summed E-state index contributed by atoms with van der Waals surface area (Å²) >= 11 is 1.55. The molecular formula is C31H38N4O2S. The highest BCUT2D eigenvalue weighted by molar-refractivity contribution is 8.00. The Labute approximate surface area is 230 Å². The Morgan fingerprint density at radius 3 is 2.58 bits per heavy atom. The number of amides is 1. The fraction of sp³-hybridized carbons (Fsp3) is 0.452. The Balaban J connectivity index is 1.39. The van der Waals surface area contributed by atoms with E-state index in [1.54, 1.807) is 11.9 Å². The maximum atomic E-state index is 13.6. The van der Waals surface area contributed by atoms with E-state index >= 15 is 0 Å². The molecular weight excluding hydrogens is 492 g/mol. The fourth-order valence-corrected chi connectivity index (χ4v) is 6.41. The normalized spacial score (nSPS) is 16.5. The summed E-state index contributed by atoms with van der Waals surface area (Å²) in [6.07, 6.45) is 7.94. The number of amidine groups is 1. The Morgan fingerprint density at radius 2 is 1.87 bits per heavy atom. The van der Waals surface area contributed by atoms with E-state index in [0.717, 1.165) is 84.8 Å². The lowest BCUT2D eigenvalue weighted by atomic mass is 9.95. The summed E-state index contributed by atoms with van der Waals surface area (Å²) in [7, 11) is 0. The highest BCUT2D eigenvalue weighted by Gasteiger charge is 2.49. The molecule has 5 rings (SSSR count). The SMILES string of the molecule is CCCCC1=NC2(CCCC2)C(=O)N1Cc1ccc(-c2ccccc2SNc2noc(C)c2C)c(CC)c1. The number of nitrogens with zero attached hydrogens (tertiary/aromatic N) is 3. The van der Waals surface area contributed by atoms with Gasteiger partial charge in [0.1, 0.15) is 17.1 Å². The van der Waals surface area contributed by atoms with Crippen LogP contribution < -0.4 is 4.72 Å². The van der Waals surface area contributed by atoms with Crippen molar-refractivity contribution in [3.05, 3.63) is 64.9 Å². The molecule has 1 saturated carbocycles. The van der Waals surface area contributed by atoms with Crippen LogP contribution in [0.3, 0.4) is 0 Å². The summed E-state index contributed by atoms with van der Waals surface area (Å²) in [5, 5.41) is 4.14. The second-order valence-corrected chi connectivity index (χ2v) is 11.4. The minimum atomic E-state index is -0.486. The molecule has 1 amide bonds. The van der Waals surface area contributed by atoms with E-state index in [1.807, 2.05) is 18.7 Å². The molecule has 2 heterocycles. The minimum Gasteiger partial charge on any atom is -0.359 e. The fourth-order valence-electron chi connectivity index (χ4n) is 5.58. The van der Waals surface area contributed by atoms with E-state index in [1.165, 1.54) is 16.7 Å². The van der Waals surface area contributed by atoms with Crippen molar-refractivity contribution in [3.63, 3.8) is 0 Å². The second kappa shape index (κ2) is 11.4. The van der Waals surface area contributed by atoms with Gasteiger partial charge < -0.3 is 9.25 Å². The van der Waals surface area contributed by atoms with Crippen molar-refractivity contribution < 1.29 is 9.32 Å². The quantitative estimate of drug-likeness (QED) is 0.270. The molecule has 2 aromatic carbocycles. The van der Waals surface area contributed by atoms with Gasteiger partial charge in [0.2, 0.25) is 0 Å². The number of benzene rings is 2. The molecule has 2 aliphatic rings. The summed E-state index contributed by atoms with van der Waals surface area (Å²) in [4.78, 5) is 21.8. The summed E-state index contributed by atoms with van der Waals surface area (Å²) < 4.78 is 8.67. The zero-order chi connectivity index (χ0) is 26.7. The van der Waals surface area contributed by atoms with Crippen molar-refractivity contribution in [2.24, 2.45) is 4.99 Å². The van der Waals surface area contributed by atoms with Crippen LogP contribution in [0.2, 0.25) is 0 Å². The molecule has 7 heteroatoms. The molecule has 6 nitrogen and oxygen atoms in total. The monoisotopic (exact) mass is 530 g/mol. The highest BCUT2D eigenvalue weighted by atomic mass is 32.2. The molecule has 200 valence electrons. The third-order valence-corrected chi connectivity index (χ3v) is 8.84. The van der Waals surface area contributed by atoms with Gasteiger partial charge in [0.15, 0.2) is 5.82 Å². The predicted molar refractivity (Wildman–Crippen MR) is 155 cm³/mol. The van der Waals surface area contributed by atoms with Crippen LogP contribution in [-0.4, -0.2) is 27.3 Å². The first-order valence-corrected chi connectivity index (χ1v) is 14.7. The number of rotatable bonds is 10. The Morgan fingerprint density at radius 1 is 1.08 bits per heavy atom. The van der Waals surface area contributed by atoms with Gasteiger partial charge in [-0.3, -0.25) is 14.7 Å². The van der Waals surface area contributed by atoms with E-state index in [0.29, 0.717) is 6.54 Å². The molecule has 1 aromatic heterocycles. The molecule has 0 saturated heterocycles. The van der Waals surface area contributed by atoms with Gasteiger partial charge in [-0.25, -0.2) is 0 Å². The van der Waals surface area contributed by atoms with Crippen molar-refractivity contribution in [2.75, 3.05) is 4.72 Å². The lowest BCUT2D eigenvalue weighted by Crippen LogP contribution is -2.40. The van der Waals surface area contributed by atoms with E-state index in [2.05, 4.69) is 66.2 Å². The number of unbranched alkanes of at least 4 members (excludes halogenated alkanes) is 1. The van der Waals surface area contributed by atoms with Crippen LogP contribution in [0.4, 0.5) is 5.82 Å². The van der Waals surface area contributed by atoms with Crippen LogP contribution in [-0.2, 0) is 17.8 Å². The number of hydrogen-bond acceptors (Lipinski definition) is 6. The molecule has 0 bridgehead atoms. The van der Waals surface area contributed by atoms with Crippen molar-refractivity contribution in [3.8, 4) is 11.1 Å². The third kappa shape index (κ3) is 5.13. The summed E-state index contributed by atoms with van der Waals surface area (Å²) in [5.74, 6) is 2.79. The predicted octanol–water partition coefficient (Wildman–Crippen LogP) is 7.88. The molecule has 1 spiro atoms. The average molecular weight is 531 g/mol. The smallest absolute Gasteiger partial charge is 0.256 e. The molecule has 1 N–H and O–H groups in total. The van der Waals surface area contributed by atoms with Gasteiger partial charge >= 0.3 is 0 Å². The molecule has 1 fully saturated rings. The highest BCUT2D eigenvalue weighted by Crippen LogP contribution is 2.40.